The summed E-state index contributed by atoms with van der Waals surface area (Å²) in [5, 5.41) is 8.42. The Morgan fingerprint density at radius 3 is 2.25 bits per heavy atom. The van der Waals surface area contributed by atoms with Gasteiger partial charge in [0.2, 0.25) is 0 Å². The smallest absolute Gasteiger partial charge is 0.195 e. The Morgan fingerprint density at radius 1 is 0.528 bits per heavy atom. The van der Waals surface area contributed by atoms with Gasteiger partial charge >= 0.3 is 0 Å². The molecule has 0 bridgehead atoms. The molecule has 9 rings (SSSR count). The molecule has 0 aliphatic carbocycles. The lowest BCUT2D eigenvalue weighted by atomic mass is 10.1. The van der Waals surface area contributed by atoms with E-state index in [2.05, 4.69) is 89.5 Å². The van der Waals surface area contributed by atoms with Crippen molar-refractivity contribution in [1.82, 2.24) is 9.55 Å². The maximum atomic E-state index is 6.14. The lowest BCUT2D eigenvalue weighted by molar-refractivity contribution is 0.669. The molecule has 36 heavy (non-hydrogen) atoms. The molecule has 0 atom stereocenters. The summed E-state index contributed by atoms with van der Waals surface area (Å²) >= 11 is 3.60. The van der Waals surface area contributed by atoms with E-state index in [1.54, 1.807) is 11.3 Å². The number of fused-ring (bicyclic) bond motifs is 12. The van der Waals surface area contributed by atoms with Crippen molar-refractivity contribution >= 4 is 96.8 Å². The summed E-state index contributed by atoms with van der Waals surface area (Å²) in [5.41, 5.74) is 5.17. The van der Waals surface area contributed by atoms with Crippen molar-refractivity contribution in [3.63, 3.8) is 0 Å². The van der Waals surface area contributed by atoms with Crippen LogP contribution in [0.4, 0.5) is 0 Å². The molecular formula is C31H16N2OS2. The van der Waals surface area contributed by atoms with E-state index in [4.69, 9.17) is 9.40 Å². The summed E-state index contributed by atoms with van der Waals surface area (Å²) in [7, 11) is 0. The van der Waals surface area contributed by atoms with Gasteiger partial charge < -0.3 is 4.42 Å². The Labute approximate surface area is 212 Å². The second kappa shape index (κ2) is 6.72. The molecule has 0 saturated heterocycles. The lowest BCUT2D eigenvalue weighted by Gasteiger charge is -2.03. The van der Waals surface area contributed by atoms with Crippen LogP contribution < -0.4 is 0 Å². The van der Waals surface area contributed by atoms with Gasteiger partial charge in [-0.15, -0.1) is 11.3 Å². The van der Waals surface area contributed by atoms with Crippen LogP contribution in [0.15, 0.2) is 101 Å². The molecule has 0 aliphatic rings. The predicted octanol–water partition coefficient (Wildman–Crippen LogP) is 9.66. The molecule has 4 heterocycles. The molecule has 3 nitrogen and oxygen atoms in total. The lowest BCUT2D eigenvalue weighted by Crippen LogP contribution is -1.92. The average molecular weight is 497 g/mol. The molecular weight excluding hydrogens is 480 g/mol. The zero-order chi connectivity index (χ0) is 23.4. The van der Waals surface area contributed by atoms with E-state index in [9.17, 15) is 0 Å². The highest BCUT2D eigenvalue weighted by molar-refractivity contribution is 7.26. The van der Waals surface area contributed by atoms with Crippen molar-refractivity contribution in [3.05, 3.63) is 97.1 Å². The van der Waals surface area contributed by atoms with Crippen LogP contribution in [0.1, 0.15) is 0 Å². The summed E-state index contributed by atoms with van der Waals surface area (Å²) in [4.78, 5) is 5.26. The molecule has 0 N–H and O–H groups in total. The molecule has 0 unspecified atom stereocenters. The molecule has 168 valence electrons. The maximum Gasteiger partial charge on any atom is 0.195 e. The van der Waals surface area contributed by atoms with Crippen LogP contribution in [-0.4, -0.2) is 9.55 Å². The van der Waals surface area contributed by atoms with Gasteiger partial charge in [-0.05, 0) is 42.5 Å². The van der Waals surface area contributed by atoms with E-state index in [1.807, 2.05) is 23.5 Å². The number of hydrogen-bond donors (Lipinski definition) is 0. The van der Waals surface area contributed by atoms with Crippen molar-refractivity contribution in [2.24, 2.45) is 0 Å². The van der Waals surface area contributed by atoms with E-state index >= 15 is 0 Å². The van der Waals surface area contributed by atoms with E-state index in [0.29, 0.717) is 0 Å². The Balaban J connectivity index is 1.45. The number of hydrogen-bond acceptors (Lipinski definition) is 4. The number of nitrogens with zero attached hydrogens (tertiary/aromatic N) is 2. The highest BCUT2D eigenvalue weighted by Crippen LogP contribution is 2.44. The normalized spacial score (nSPS) is 12.4. The minimum Gasteiger partial charge on any atom is -0.456 e. The van der Waals surface area contributed by atoms with Gasteiger partial charge in [-0.3, -0.25) is 4.57 Å². The fourth-order valence-corrected chi connectivity index (χ4v) is 7.88. The second-order valence-electron chi connectivity index (χ2n) is 9.16. The third-order valence-corrected chi connectivity index (χ3v) is 9.40. The zero-order valence-electron chi connectivity index (χ0n) is 18.9. The van der Waals surface area contributed by atoms with Gasteiger partial charge in [-0.2, -0.15) is 0 Å². The van der Waals surface area contributed by atoms with Crippen molar-refractivity contribution in [2.75, 3.05) is 0 Å². The van der Waals surface area contributed by atoms with Gasteiger partial charge in [0.15, 0.2) is 5.13 Å². The SMILES string of the molecule is c1ccc2c(c1)oc1ccc3sc(-n4c5ccccc5c5c6c(ccc54)sc4ccccc46)nc3c12. The molecule has 0 spiro atoms. The molecule has 0 amide bonds. The fraction of sp³-hybridized carbons (Fsp3) is 0. The van der Waals surface area contributed by atoms with E-state index in [0.717, 1.165) is 37.3 Å². The topological polar surface area (TPSA) is 31.0 Å². The van der Waals surface area contributed by atoms with Gasteiger partial charge in [0, 0.05) is 36.3 Å². The van der Waals surface area contributed by atoms with E-state index in [-0.39, 0.29) is 0 Å². The van der Waals surface area contributed by atoms with E-state index < -0.39 is 0 Å². The highest BCUT2D eigenvalue weighted by Gasteiger charge is 2.20. The molecule has 0 radical (unpaired) electrons. The molecule has 0 fully saturated rings. The molecule has 5 aromatic carbocycles. The third kappa shape index (κ3) is 2.34. The monoisotopic (exact) mass is 496 g/mol. The summed E-state index contributed by atoms with van der Waals surface area (Å²) < 4.78 is 12.3. The van der Waals surface area contributed by atoms with Gasteiger partial charge in [0.05, 0.1) is 26.6 Å². The number of thiophene rings is 1. The molecule has 5 heteroatoms. The van der Waals surface area contributed by atoms with Crippen LogP contribution in [0.25, 0.3) is 79.3 Å². The van der Waals surface area contributed by atoms with Crippen molar-refractivity contribution in [1.29, 1.82) is 0 Å². The Kier molecular flexibility index (Phi) is 3.56. The minimum atomic E-state index is 0.884. The number of rotatable bonds is 1. The van der Waals surface area contributed by atoms with Crippen molar-refractivity contribution in [3.8, 4) is 5.13 Å². The maximum absolute atomic E-state index is 6.14. The first-order chi connectivity index (χ1) is 17.8. The second-order valence-corrected chi connectivity index (χ2v) is 11.3. The van der Waals surface area contributed by atoms with Gasteiger partial charge in [-0.1, -0.05) is 65.9 Å². The van der Waals surface area contributed by atoms with Gasteiger partial charge in [0.25, 0.3) is 0 Å². The van der Waals surface area contributed by atoms with Crippen LogP contribution in [0.3, 0.4) is 0 Å². The van der Waals surface area contributed by atoms with Gasteiger partial charge in [0.1, 0.15) is 11.2 Å². The van der Waals surface area contributed by atoms with Crippen LogP contribution in [-0.2, 0) is 0 Å². The summed E-state index contributed by atoms with van der Waals surface area (Å²) in [6.45, 7) is 0. The molecule has 9 aromatic rings. The summed E-state index contributed by atoms with van der Waals surface area (Å²) in [6.07, 6.45) is 0. The molecule has 0 aliphatic heterocycles. The Hall–Kier alpha value is -4.19. The Bertz CT molecular complexity index is 2330. The first kappa shape index (κ1) is 19.1. The third-order valence-electron chi connectivity index (χ3n) is 7.26. The minimum absolute atomic E-state index is 0.884. The predicted molar refractivity (Wildman–Crippen MR) is 154 cm³/mol. The van der Waals surface area contributed by atoms with Crippen LogP contribution in [0, 0.1) is 0 Å². The number of aromatic nitrogens is 2. The van der Waals surface area contributed by atoms with Crippen LogP contribution >= 0.6 is 22.7 Å². The van der Waals surface area contributed by atoms with Crippen molar-refractivity contribution in [2.45, 2.75) is 0 Å². The van der Waals surface area contributed by atoms with Crippen LogP contribution in [0.5, 0.6) is 0 Å². The van der Waals surface area contributed by atoms with Crippen LogP contribution in [0.2, 0.25) is 0 Å². The standard InChI is InChI=1S/C31H16N2OS2/c1-4-10-20-17(7-1)27-21(13-15-25-29(27)19-9-3-6-12-24(19)35-25)33(20)31-32-30-26(36-31)16-14-23-28(30)18-8-2-5-11-22(18)34-23/h1-16H. The first-order valence-corrected chi connectivity index (χ1v) is 13.5. The highest BCUT2D eigenvalue weighted by atomic mass is 32.1. The average Bonchev–Trinajstić information content (AvgIpc) is 3.66. The Morgan fingerprint density at radius 2 is 1.31 bits per heavy atom. The fourth-order valence-electron chi connectivity index (χ4n) is 5.77. The number of para-hydroxylation sites is 2. The molecule has 0 saturated carbocycles. The van der Waals surface area contributed by atoms with E-state index in [1.165, 1.54) is 42.0 Å². The summed E-state index contributed by atoms with van der Waals surface area (Å²) in [6, 6.07) is 34.4. The number of furan rings is 1. The first-order valence-electron chi connectivity index (χ1n) is 11.9. The summed E-state index contributed by atoms with van der Waals surface area (Å²) in [5.74, 6) is 0. The van der Waals surface area contributed by atoms with Gasteiger partial charge in [-0.25, -0.2) is 4.98 Å². The zero-order valence-corrected chi connectivity index (χ0v) is 20.5. The number of benzene rings is 5. The quantitative estimate of drug-likeness (QED) is 0.226. The van der Waals surface area contributed by atoms with Crippen molar-refractivity contribution < 1.29 is 4.42 Å². The number of thiazole rings is 1. The largest absolute Gasteiger partial charge is 0.456 e. The molecule has 4 aromatic heterocycles.